The highest BCUT2D eigenvalue weighted by atomic mass is 35.5. The Morgan fingerprint density at radius 1 is 1.52 bits per heavy atom. The van der Waals surface area contributed by atoms with E-state index in [2.05, 4.69) is 4.99 Å². The minimum absolute atomic E-state index is 0. The first-order valence-electron chi connectivity index (χ1n) is 7.72. The number of carbonyl (C=O) groups is 2. The molecule has 3 atom stereocenters. The van der Waals surface area contributed by atoms with Crippen molar-refractivity contribution in [3.63, 3.8) is 0 Å². The molecule has 25 heavy (non-hydrogen) atoms. The molecule has 1 aliphatic heterocycles. The third-order valence-electron chi connectivity index (χ3n) is 3.91. The maximum absolute atomic E-state index is 12.4. The molecule has 1 rings (SSSR count). The van der Waals surface area contributed by atoms with E-state index in [4.69, 9.17) is 11.5 Å². The van der Waals surface area contributed by atoms with Crippen molar-refractivity contribution in [2.45, 2.75) is 44.7 Å². The van der Waals surface area contributed by atoms with Crippen LogP contribution in [0.1, 0.15) is 32.6 Å². The van der Waals surface area contributed by atoms with Gasteiger partial charge in [0.05, 0.1) is 6.04 Å². The van der Waals surface area contributed by atoms with Crippen LogP contribution in [-0.4, -0.2) is 58.0 Å². The van der Waals surface area contributed by atoms with Crippen molar-refractivity contribution in [1.82, 2.24) is 10.3 Å². The number of guanidine groups is 1. The third kappa shape index (κ3) is 7.52. The van der Waals surface area contributed by atoms with Crippen molar-refractivity contribution < 1.29 is 19.7 Å². The molecule has 11 nitrogen and oxygen atoms in total. The minimum atomic E-state index is -1.02. The van der Waals surface area contributed by atoms with Crippen LogP contribution < -0.4 is 16.9 Å². The lowest BCUT2D eigenvalue weighted by Gasteiger charge is -2.37. The fourth-order valence-corrected chi connectivity index (χ4v) is 2.62. The Kier molecular flexibility index (Phi) is 9.76. The molecule has 1 heterocycles. The second-order valence-electron chi connectivity index (χ2n) is 5.90. The first-order valence-corrected chi connectivity index (χ1v) is 7.72. The maximum atomic E-state index is 12.4. The lowest BCUT2D eigenvalue weighted by Crippen LogP contribution is -2.54. The fourth-order valence-electron chi connectivity index (χ4n) is 2.62. The van der Waals surface area contributed by atoms with Crippen LogP contribution in [0, 0.1) is 16.0 Å². The Morgan fingerprint density at radius 2 is 2.16 bits per heavy atom. The van der Waals surface area contributed by atoms with Gasteiger partial charge < -0.3 is 21.5 Å². The molecule has 0 aliphatic carbocycles. The standard InChI is InChI=1S/C13H24N6O5.ClH/c1-8-4-6-18(10(7-8)12(21)22)11(20)9(14)3-2-5-16-13(15)17-19(23)24;/h8-10H,2-7,14H2,1H3,(H,21,22)(H3,15,16,17);1H/t8-,9+,10-;/m1./s1. The van der Waals surface area contributed by atoms with E-state index in [0.717, 1.165) is 6.42 Å². The number of hydrogen-bond acceptors (Lipinski definition) is 6. The lowest BCUT2D eigenvalue weighted by molar-refractivity contribution is -0.525. The van der Waals surface area contributed by atoms with Gasteiger partial charge in [0, 0.05) is 13.1 Å². The van der Waals surface area contributed by atoms with Gasteiger partial charge in [0.15, 0.2) is 5.03 Å². The van der Waals surface area contributed by atoms with Crippen LogP contribution in [0.2, 0.25) is 0 Å². The molecule has 0 radical (unpaired) electrons. The van der Waals surface area contributed by atoms with Gasteiger partial charge in [0.1, 0.15) is 6.04 Å². The van der Waals surface area contributed by atoms with Crippen LogP contribution in [0.4, 0.5) is 0 Å². The number of aliphatic imine (C=N–C) groups is 1. The van der Waals surface area contributed by atoms with E-state index < -0.39 is 29.0 Å². The van der Waals surface area contributed by atoms with E-state index in [1.807, 2.05) is 6.92 Å². The molecule has 1 amide bonds. The van der Waals surface area contributed by atoms with Crippen LogP contribution >= 0.6 is 12.4 Å². The molecular formula is C13H25ClN6O5. The molecular weight excluding hydrogens is 356 g/mol. The monoisotopic (exact) mass is 380 g/mol. The lowest BCUT2D eigenvalue weighted by atomic mass is 9.91. The summed E-state index contributed by atoms with van der Waals surface area (Å²) >= 11 is 0. The zero-order valence-electron chi connectivity index (χ0n) is 14.0. The average molecular weight is 381 g/mol. The summed E-state index contributed by atoms with van der Waals surface area (Å²) in [6.45, 7) is 2.51. The summed E-state index contributed by atoms with van der Waals surface area (Å²) in [5.74, 6) is -1.49. The highest BCUT2D eigenvalue weighted by Crippen LogP contribution is 2.23. The number of hydrogen-bond donors (Lipinski definition) is 4. The second-order valence-corrected chi connectivity index (χ2v) is 5.90. The van der Waals surface area contributed by atoms with Gasteiger partial charge in [-0.1, -0.05) is 12.3 Å². The number of nitrogens with two attached hydrogens (primary N) is 2. The molecule has 0 aromatic rings. The number of nitrogens with zero attached hydrogens (tertiary/aromatic N) is 3. The largest absolute Gasteiger partial charge is 0.480 e. The Balaban J connectivity index is 0.00000576. The number of carboxylic acid groups (broad SMARTS) is 1. The highest BCUT2D eigenvalue weighted by Gasteiger charge is 2.36. The van der Waals surface area contributed by atoms with Crippen LogP contribution in [-0.2, 0) is 9.59 Å². The highest BCUT2D eigenvalue weighted by molar-refractivity contribution is 5.87. The number of carbonyl (C=O) groups excluding carboxylic acids is 1. The number of carboxylic acids is 1. The van der Waals surface area contributed by atoms with Crippen molar-refractivity contribution in [2.24, 2.45) is 22.4 Å². The SMILES string of the molecule is C[C@@H]1CCN(C(=O)[C@@H](N)CCCN=C(N)N[N+](=O)[O-])[C@@H](C(=O)O)C1.Cl. The van der Waals surface area contributed by atoms with Gasteiger partial charge in [-0.05, 0) is 31.6 Å². The van der Waals surface area contributed by atoms with E-state index in [0.29, 0.717) is 19.4 Å². The smallest absolute Gasteiger partial charge is 0.326 e. The number of aliphatic carboxylic acids is 1. The molecule has 0 aromatic carbocycles. The molecule has 144 valence electrons. The second kappa shape index (κ2) is 10.7. The average Bonchev–Trinajstić information content (AvgIpc) is 2.49. The predicted octanol–water partition coefficient (Wildman–Crippen LogP) is -0.677. The molecule has 0 aromatic heterocycles. The Morgan fingerprint density at radius 3 is 2.72 bits per heavy atom. The van der Waals surface area contributed by atoms with Gasteiger partial charge >= 0.3 is 5.97 Å². The van der Waals surface area contributed by atoms with E-state index in [1.54, 1.807) is 5.43 Å². The zero-order chi connectivity index (χ0) is 18.3. The first-order chi connectivity index (χ1) is 11.2. The van der Waals surface area contributed by atoms with Crippen molar-refractivity contribution in [2.75, 3.05) is 13.1 Å². The van der Waals surface area contributed by atoms with Crippen LogP contribution in [0.25, 0.3) is 0 Å². The van der Waals surface area contributed by atoms with E-state index in [9.17, 15) is 24.8 Å². The van der Waals surface area contributed by atoms with Gasteiger partial charge in [-0.3, -0.25) is 4.79 Å². The molecule has 1 saturated heterocycles. The molecule has 1 aliphatic rings. The Labute approximate surface area is 151 Å². The van der Waals surface area contributed by atoms with Crippen molar-refractivity contribution in [1.29, 1.82) is 0 Å². The predicted molar refractivity (Wildman–Crippen MR) is 92.6 cm³/mol. The van der Waals surface area contributed by atoms with Gasteiger partial charge in [-0.25, -0.2) is 19.9 Å². The number of amides is 1. The Bertz CT molecular complexity index is 517. The van der Waals surface area contributed by atoms with Crippen molar-refractivity contribution in [3.05, 3.63) is 10.1 Å². The topological polar surface area (TPSA) is 177 Å². The van der Waals surface area contributed by atoms with E-state index in [-0.39, 0.29) is 37.3 Å². The van der Waals surface area contributed by atoms with Crippen LogP contribution in [0.5, 0.6) is 0 Å². The molecule has 0 unspecified atom stereocenters. The number of likely N-dealkylation sites (tertiary alicyclic amines) is 1. The van der Waals surface area contributed by atoms with Gasteiger partial charge in [0.2, 0.25) is 5.91 Å². The summed E-state index contributed by atoms with van der Waals surface area (Å²) in [5, 5.41) is 18.6. The molecule has 12 heteroatoms. The molecule has 0 spiro atoms. The van der Waals surface area contributed by atoms with E-state index in [1.165, 1.54) is 4.90 Å². The number of piperidine rings is 1. The summed E-state index contributed by atoms with van der Waals surface area (Å²) in [5.41, 5.74) is 12.8. The number of nitrogens with one attached hydrogen (secondary N) is 1. The zero-order valence-corrected chi connectivity index (χ0v) is 14.8. The van der Waals surface area contributed by atoms with E-state index >= 15 is 0 Å². The summed E-state index contributed by atoms with van der Waals surface area (Å²) in [6.07, 6.45) is 1.85. The van der Waals surface area contributed by atoms with Crippen LogP contribution in [0.15, 0.2) is 4.99 Å². The van der Waals surface area contributed by atoms with Crippen molar-refractivity contribution in [3.8, 4) is 0 Å². The third-order valence-corrected chi connectivity index (χ3v) is 3.91. The molecule has 0 bridgehead atoms. The summed E-state index contributed by atoms with van der Waals surface area (Å²) < 4.78 is 0. The maximum Gasteiger partial charge on any atom is 0.326 e. The van der Waals surface area contributed by atoms with Crippen LogP contribution in [0.3, 0.4) is 0 Å². The quantitative estimate of drug-likeness (QED) is 0.147. The number of hydrazine groups is 1. The van der Waals surface area contributed by atoms with Gasteiger partial charge in [-0.15, -0.1) is 12.4 Å². The number of nitro groups is 1. The summed E-state index contributed by atoms with van der Waals surface area (Å²) in [6, 6.07) is -1.68. The number of halogens is 1. The summed E-state index contributed by atoms with van der Waals surface area (Å²) in [4.78, 5) is 38.9. The Hall–Kier alpha value is -2.14. The molecule has 0 saturated carbocycles. The van der Waals surface area contributed by atoms with Gasteiger partial charge in [0.25, 0.3) is 5.96 Å². The number of rotatable bonds is 7. The molecule has 6 N–H and O–H groups in total. The minimum Gasteiger partial charge on any atom is -0.480 e. The van der Waals surface area contributed by atoms with Gasteiger partial charge in [-0.2, -0.15) is 0 Å². The fraction of sp³-hybridized carbons (Fsp3) is 0.769. The molecule has 1 fully saturated rings. The first kappa shape index (κ1) is 22.9. The summed E-state index contributed by atoms with van der Waals surface area (Å²) in [7, 11) is 0. The van der Waals surface area contributed by atoms with Crippen molar-refractivity contribution >= 4 is 30.2 Å². The normalized spacial score (nSPS) is 21.8.